The molecule has 2 aliphatic rings. The Morgan fingerprint density at radius 3 is 2.65 bits per heavy atom. The predicted octanol–water partition coefficient (Wildman–Crippen LogP) is 0.308. The molecule has 0 saturated carbocycles. The van der Waals surface area contributed by atoms with Gasteiger partial charge in [0.2, 0.25) is 0 Å². The second-order valence-electron chi connectivity index (χ2n) is 5.33. The lowest BCUT2D eigenvalue weighted by Gasteiger charge is -2.40. The summed E-state index contributed by atoms with van der Waals surface area (Å²) in [4.78, 5) is 44.2. The van der Waals surface area contributed by atoms with Gasteiger partial charge in [0.25, 0.3) is 5.91 Å². The third-order valence-electron chi connectivity index (χ3n) is 3.73. The minimum atomic E-state index is -0.425. The van der Waals surface area contributed by atoms with E-state index in [2.05, 4.69) is 4.99 Å². The third-order valence-corrected chi connectivity index (χ3v) is 3.73. The lowest BCUT2D eigenvalue weighted by molar-refractivity contribution is -0.137. The molecule has 20 heavy (non-hydrogen) atoms. The van der Waals surface area contributed by atoms with Gasteiger partial charge in [-0.05, 0) is 19.8 Å². The molecular weight excluding hydrogens is 260 g/mol. The summed E-state index contributed by atoms with van der Waals surface area (Å²) < 4.78 is 0. The Morgan fingerprint density at radius 2 is 2.00 bits per heavy atom. The minimum absolute atomic E-state index is 0.127. The number of likely N-dealkylation sites (N-methyl/N-ethyl adjacent to an activating group) is 2. The number of hydrogen-bond donors (Lipinski definition) is 0. The molecule has 2 heterocycles. The van der Waals surface area contributed by atoms with Crippen LogP contribution in [-0.2, 0) is 9.59 Å². The second-order valence-corrected chi connectivity index (χ2v) is 5.33. The van der Waals surface area contributed by atoms with Gasteiger partial charge in [-0.15, -0.1) is 0 Å². The lowest BCUT2D eigenvalue weighted by Crippen LogP contribution is -2.64. The summed E-state index contributed by atoms with van der Waals surface area (Å²) in [5.74, 6) is -0.0802. The fraction of sp³-hybridized carbons (Fsp3) is 0.692. The summed E-state index contributed by atoms with van der Waals surface area (Å²) >= 11 is 0. The number of rotatable bonds is 5. The Labute approximate surface area is 118 Å². The quantitative estimate of drug-likeness (QED) is 0.679. The van der Waals surface area contributed by atoms with Gasteiger partial charge < -0.3 is 14.6 Å². The van der Waals surface area contributed by atoms with Crippen molar-refractivity contribution in [1.29, 1.82) is 0 Å². The van der Waals surface area contributed by atoms with Gasteiger partial charge in [0.1, 0.15) is 5.78 Å². The van der Waals surface area contributed by atoms with Crippen molar-refractivity contribution in [2.75, 3.05) is 20.6 Å². The number of carbonyl (C=O) groups is 3. The van der Waals surface area contributed by atoms with Crippen molar-refractivity contribution in [3.05, 3.63) is 0 Å². The minimum Gasteiger partial charge on any atom is -0.351 e. The average Bonchev–Trinajstić information content (AvgIpc) is 2.77. The molecule has 0 aromatic carbocycles. The Bertz CT molecular complexity index is 463. The molecule has 7 heteroatoms. The van der Waals surface area contributed by atoms with Crippen LogP contribution in [0.25, 0.3) is 0 Å². The standard InChI is InChI=1S/C13H20N4O3/c1-9(18)6-4-5-7-17-12(19)10-11(14-8-15(10)2)16(3)13(17)20/h8,10-11H,4-7H2,1-3H3/t10-,11+/m1/s1. The van der Waals surface area contributed by atoms with Gasteiger partial charge in [-0.3, -0.25) is 9.69 Å². The van der Waals surface area contributed by atoms with E-state index in [1.54, 1.807) is 32.3 Å². The van der Waals surface area contributed by atoms with E-state index in [-0.39, 0.29) is 17.7 Å². The SMILES string of the molecule is CC(=O)CCCCN1C(=O)[C@H]2[C@@H](N=CN2C)N(C)C1=O. The average molecular weight is 280 g/mol. The smallest absolute Gasteiger partial charge is 0.328 e. The van der Waals surface area contributed by atoms with Crippen molar-refractivity contribution in [1.82, 2.24) is 14.7 Å². The summed E-state index contributed by atoms with van der Waals surface area (Å²) in [6, 6.07) is -0.739. The fourth-order valence-corrected chi connectivity index (χ4v) is 2.56. The molecule has 0 aliphatic carbocycles. The normalized spacial score (nSPS) is 25.4. The van der Waals surface area contributed by atoms with E-state index in [1.807, 2.05) is 0 Å². The Balaban J connectivity index is 2.00. The number of aliphatic imine (C=N–C) groups is 1. The van der Waals surface area contributed by atoms with Gasteiger partial charge in [0.15, 0.2) is 12.2 Å². The number of ketones is 1. The first-order valence-electron chi connectivity index (χ1n) is 6.76. The maximum absolute atomic E-state index is 12.4. The van der Waals surface area contributed by atoms with Gasteiger partial charge in [0, 0.05) is 27.1 Å². The van der Waals surface area contributed by atoms with Gasteiger partial charge in [-0.25, -0.2) is 9.79 Å². The van der Waals surface area contributed by atoms with E-state index < -0.39 is 12.2 Å². The van der Waals surface area contributed by atoms with E-state index in [9.17, 15) is 14.4 Å². The highest BCUT2D eigenvalue weighted by molar-refractivity contribution is 6.01. The largest absolute Gasteiger partial charge is 0.351 e. The topological polar surface area (TPSA) is 73.3 Å². The monoisotopic (exact) mass is 280 g/mol. The highest BCUT2D eigenvalue weighted by atomic mass is 16.2. The molecule has 0 N–H and O–H groups in total. The number of fused-ring (bicyclic) bond motifs is 1. The van der Waals surface area contributed by atoms with Crippen LogP contribution in [0.2, 0.25) is 0 Å². The summed E-state index contributed by atoms with van der Waals surface area (Å²) in [5.41, 5.74) is 0. The van der Waals surface area contributed by atoms with Crippen LogP contribution in [0.15, 0.2) is 4.99 Å². The molecule has 2 atom stereocenters. The number of urea groups is 1. The zero-order valence-corrected chi connectivity index (χ0v) is 12.1. The number of nitrogens with zero attached hydrogens (tertiary/aromatic N) is 4. The second kappa shape index (κ2) is 5.60. The molecule has 0 aromatic heterocycles. The van der Waals surface area contributed by atoms with Crippen molar-refractivity contribution in [2.45, 2.75) is 38.4 Å². The number of amides is 3. The van der Waals surface area contributed by atoms with Crippen LogP contribution < -0.4 is 0 Å². The van der Waals surface area contributed by atoms with Crippen molar-refractivity contribution in [3.63, 3.8) is 0 Å². The van der Waals surface area contributed by atoms with Crippen LogP contribution in [0.4, 0.5) is 4.79 Å². The number of unbranched alkanes of at least 4 members (excludes halogenated alkanes) is 1. The van der Waals surface area contributed by atoms with E-state index in [0.29, 0.717) is 25.8 Å². The summed E-state index contributed by atoms with van der Waals surface area (Å²) in [7, 11) is 3.44. The van der Waals surface area contributed by atoms with Gasteiger partial charge >= 0.3 is 6.03 Å². The molecule has 0 spiro atoms. The van der Waals surface area contributed by atoms with Gasteiger partial charge in [0.05, 0.1) is 6.34 Å². The van der Waals surface area contributed by atoms with Gasteiger partial charge in [-0.1, -0.05) is 0 Å². The Kier molecular flexibility index (Phi) is 4.06. The van der Waals surface area contributed by atoms with Crippen LogP contribution in [0.3, 0.4) is 0 Å². The van der Waals surface area contributed by atoms with Crippen molar-refractivity contribution in [2.24, 2.45) is 4.99 Å². The van der Waals surface area contributed by atoms with Crippen molar-refractivity contribution < 1.29 is 14.4 Å². The molecular formula is C13H20N4O3. The van der Waals surface area contributed by atoms with Gasteiger partial charge in [-0.2, -0.15) is 0 Å². The first-order valence-corrected chi connectivity index (χ1v) is 6.76. The predicted molar refractivity (Wildman–Crippen MR) is 73.2 cm³/mol. The number of carbonyl (C=O) groups excluding carboxylic acids is 3. The highest BCUT2D eigenvalue weighted by Gasteiger charge is 2.48. The third kappa shape index (κ3) is 2.52. The van der Waals surface area contributed by atoms with Crippen LogP contribution in [0.1, 0.15) is 26.2 Å². The van der Waals surface area contributed by atoms with E-state index in [0.717, 1.165) is 0 Å². The fourth-order valence-electron chi connectivity index (χ4n) is 2.56. The molecule has 0 radical (unpaired) electrons. The van der Waals surface area contributed by atoms with E-state index >= 15 is 0 Å². The summed E-state index contributed by atoms with van der Waals surface area (Å²) in [6.45, 7) is 1.90. The zero-order valence-electron chi connectivity index (χ0n) is 12.1. The molecule has 0 unspecified atom stereocenters. The summed E-state index contributed by atoms with van der Waals surface area (Å²) in [5, 5.41) is 0. The first-order chi connectivity index (χ1) is 9.43. The lowest BCUT2D eigenvalue weighted by atomic mass is 10.1. The van der Waals surface area contributed by atoms with E-state index in [1.165, 1.54) is 9.80 Å². The summed E-state index contributed by atoms with van der Waals surface area (Å²) in [6.07, 6.45) is 2.99. The zero-order chi connectivity index (χ0) is 14.9. The molecule has 2 aliphatic heterocycles. The van der Waals surface area contributed by atoms with Crippen molar-refractivity contribution >= 4 is 24.1 Å². The highest BCUT2D eigenvalue weighted by Crippen LogP contribution is 2.24. The number of hydrogen-bond acceptors (Lipinski definition) is 5. The molecule has 0 aromatic rings. The molecule has 3 amide bonds. The molecule has 0 bridgehead atoms. The van der Waals surface area contributed by atoms with Crippen LogP contribution >= 0.6 is 0 Å². The van der Waals surface area contributed by atoms with E-state index in [4.69, 9.17) is 0 Å². The number of imide groups is 1. The molecule has 1 fully saturated rings. The van der Waals surface area contributed by atoms with Crippen LogP contribution in [0, 0.1) is 0 Å². The maximum atomic E-state index is 12.4. The van der Waals surface area contributed by atoms with Crippen LogP contribution in [-0.4, -0.2) is 71.6 Å². The number of Topliss-reactive ketones (excluding diaryl/α,β-unsaturated/α-hetero) is 1. The Morgan fingerprint density at radius 1 is 1.30 bits per heavy atom. The maximum Gasteiger partial charge on any atom is 0.328 e. The molecule has 7 nitrogen and oxygen atoms in total. The molecule has 2 rings (SSSR count). The first kappa shape index (κ1) is 14.5. The Hall–Kier alpha value is -1.92. The van der Waals surface area contributed by atoms with Crippen molar-refractivity contribution in [3.8, 4) is 0 Å². The molecule has 1 saturated heterocycles. The van der Waals surface area contributed by atoms with Crippen LogP contribution in [0.5, 0.6) is 0 Å². The molecule has 110 valence electrons.